The molecule has 1 N–H and O–H groups in total. The average Bonchev–Trinajstić information content (AvgIpc) is 2.96. The van der Waals surface area contributed by atoms with Gasteiger partial charge in [-0.25, -0.2) is 9.97 Å². The summed E-state index contributed by atoms with van der Waals surface area (Å²) in [6, 6.07) is 6.29. The molecule has 0 bridgehead atoms. The SMILES string of the molecule is CCCNc1cc(C)nc(CN(CC)Cc2cccs2)n1. The molecule has 0 atom stereocenters. The van der Waals surface area contributed by atoms with Gasteiger partial charge in [-0.1, -0.05) is 19.9 Å². The molecular formula is C16H24N4S. The predicted molar refractivity (Wildman–Crippen MR) is 89.7 cm³/mol. The van der Waals surface area contributed by atoms with Crippen LogP contribution in [0.2, 0.25) is 0 Å². The molecule has 0 aliphatic carbocycles. The number of rotatable bonds is 8. The van der Waals surface area contributed by atoms with Gasteiger partial charge in [0.1, 0.15) is 11.6 Å². The van der Waals surface area contributed by atoms with E-state index >= 15 is 0 Å². The summed E-state index contributed by atoms with van der Waals surface area (Å²) in [7, 11) is 0. The van der Waals surface area contributed by atoms with Crippen LogP contribution in [0.5, 0.6) is 0 Å². The fourth-order valence-electron chi connectivity index (χ4n) is 2.15. The fourth-order valence-corrected chi connectivity index (χ4v) is 2.89. The third-order valence-corrected chi connectivity index (χ3v) is 4.09. The Kier molecular flexibility index (Phi) is 6.14. The largest absolute Gasteiger partial charge is 0.370 e. The molecule has 2 aromatic heterocycles. The Bertz CT molecular complexity index is 539. The molecule has 0 aromatic carbocycles. The molecule has 0 aliphatic rings. The zero-order valence-electron chi connectivity index (χ0n) is 13.1. The maximum absolute atomic E-state index is 4.63. The van der Waals surface area contributed by atoms with Crippen molar-refractivity contribution < 1.29 is 0 Å². The topological polar surface area (TPSA) is 41.1 Å². The van der Waals surface area contributed by atoms with E-state index in [4.69, 9.17) is 0 Å². The van der Waals surface area contributed by atoms with Crippen LogP contribution in [-0.2, 0) is 13.1 Å². The van der Waals surface area contributed by atoms with Gasteiger partial charge >= 0.3 is 0 Å². The van der Waals surface area contributed by atoms with Gasteiger partial charge in [-0.3, -0.25) is 4.90 Å². The number of nitrogens with one attached hydrogen (secondary N) is 1. The molecule has 0 spiro atoms. The van der Waals surface area contributed by atoms with Gasteiger partial charge in [0.05, 0.1) is 6.54 Å². The lowest BCUT2D eigenvalue weighted by molar-refractivity contribution is 0.266. The Morgan fingerprint density at radius 3 is 2.76 bits per heavy atom. The third kappa shape index (κ3) is 5.10. The quantitative estimate of drug-likeness (QED) is 0.807. The van der Waals surface area contributed by atoms with Crippen LogP contribution in [0.1, 0.15) is 36.7 Å². The molecule has 0 fully saturated rings. The number of hydrogen-bond acceptors (Lipinski definition) is 5. The van der Waals surface area contributed by atoms with E-state index in [-0.39, 0.29) is 0 Å². The minimum Gasteiger partial charge on any atom is -0.370 e. The van der Waals surface area contributed by atoms with E-state index < -0.39 is 0 Å². The van der Waals surface area contributed by atoms with Crippen molar-refractivity contribution in [1.29, 1.82) is 0 Å². The summed E-state index contributed by atoms with van der Waals surface area (Å²) in [6.07, 6.45) is 1.10. The number of nitrogens with zero attached hydrogens (tertiary/aromatic N) is 3. The second-order valence-electron chi connectivity index (χ2n) is 5.12. The predicted octanol–water partition coefficient (Wildman–Crippen LogP) is 3.69. The summed E-state index contributed by atoms with van der Waals surface area (Å²) >= 11 is 1.80. The number of hydrogen-bond donors (Lipinski definition) is 1. The van der Waals surface area contributed by atoms with Gasteiger partial charge in [0.15, 0.2) is 0 Å². The van der Waals surface area contributed by atoms with Crippen LogP contribution < -0.4 is 5.32 Å². The first-order valence-corrected chi connectivity index (χ1v) is 8.42. The lowest BCUT2D eigenvalue weighted by atomic mass is 10.3. The summed E-state index contributed by atoms with van der Waals surface area (Å²) in [6.45, 7) is 10.1. The molecule has 0 unspecified atom stereocenters. The van der Waals surface area contributed by atoms with E-state index in [9.17, 15) is 0 Å². The summed E-state index contributed by atoms with van der Waals surface area (Å²) in [5.41, 5.74) is 1.02. The smallest absolute Gasteiger partial charge is 0.144 e. The molecule has 0 saturated heterocycles. The maximum Gasteiger partial charge on any atom is 0.144 e. The standard InChI is InChI=1S/C16H24N4S/c1-4-8-17-15-10-13(3)18-16(19-15)12-20(5-2)11-14-7-6-9-21-14/h6-7,9-10H,4-5,8,11-12H2,1-3H3,(H,17,18,19). The molecular weight excluding hydrogens is 280 g/mol. The summed E-state index contributed by atoms with van der Waals surface area (Å²) in [5, 5.41) is 5.47. The van der Waals surface area contributed by atoms with E-state index in [1.54, 1.807) is 11.3 Å². The molecule has 114 valence electrons. The highest BCUT2D eigenvalue weighted by atomic mass is 32.1. The zero-order chi connectivity index (χ0) is 15.1. The van der Waals surface area contributed by atoms with Crippen LogP contribution in [0.4, 0.5) is 5.82 Å². The van der Waals surface area contributed by atoms with Crippen molar-refractivity contribution >= 4 is 17.2 Å². The van der Waals surface area contributed by atoms with Crippen molar-refractivity contribution in [1.82, 2.24) is 14.9 Å². The van der Waals surface area contributed by atoms with E-state index in [0.717, 1.165) is 49.9 Å². The van der Waals surface area contributed by atoms with Crippen LogP contribution >= 0.6 is 11.3 Å². The zero-order valence-corrected chi connectivity index (χ0v) is 13.9. The molecule has 4 nitrogen and oxygen atoms in total. The van der Waals surface area contributed by atoms with Crippen molar-refractivity contribution in [3.63, 3.8) is 0 Å². The van der Waals surface area contributed by atoms with Gasteiger partial charge in [-0.05, 0) is 31.3 Å². The highest BCUT2D eigenvalue weighted by Gasteiger charge is 2.09. The van der Waals surface area contributed by atoms with Crippen LogP contribution in [0, 0.1) is 6.92 Å². The van der Waals surface area contributed by atoms with Crippen molar-refractivity contribution in [2.45, 2.75) is 40.3 Å². The summed E-state index contributed by atoms with van der Waals surface area (Å²) < 4.78 is 0. The van der Waals surface area contributed by atoms with Gasteiger partial charge in [0.25, 0.3) is 0 Å². The Morgan fingerprint density at radius 1 is 1.24 bits per heavy atom. The Morgan fingerprint density at radius 2 is 2.10 bits per heavy atom. The number of aromatic nitrogens is 2. The number of aryl methyl sites for hydroxylation is 1. The Labute approximate surface area is 131 Å². The molecule has 0 saturated carbocycles. The van der Waals surface area contributed by atoms with E-state index in [1.807, 2.05) is 13.0 Å². The van der Waals surface area contributed by atoms with Crippen molar-refractivity contribution in [3.05, 3.63) is 40.0 Å². The number of thiophene rings is 1. The fraction of sp³-hybridized carbons (Fsp3) is 0.500. The maximum atomic E-state index is 4.63. The molecule has 0 aliphatic heterocycles. The molecule has 2 heterocycles. The van der Waals surface area contributed by atoms with Gasteiger partial charge in [0.2, 0.25) is 0 Å². The second-order valence-corrected chi connectivity index (χ2v) is 6.15. The first-order valence-electron chi connectivity index (χ1n) is 7.54. The van der Waals surface area contributed by atoms with E-state index in [0.29, 0.717) is 0 Å². The minimum absolute atomic E-state index is 0.789. The van der Waals surface area contributed by atoms with Crippen LogP contribution in [0.3, 0.4) is 0 Å². The average molecular weight is 304 g/mol. The molecule has 21 heavy (non-hydrogen) atoms. The first-order chi connectivity index (χ1) is 10.2. The third-order valence-electron chi connectivity index (χ3n) is 3.23. The lowest BCUT2D eigenvalue weighted by Gasteiger charge is -2.19. The van der Waals surface area contributed by atoms with Crippen molar-refractivity contribution in [2.24, 2.45) is 0 Å². The van der Waals surface area contributed by atoms with Crippen LogP contribution in [-0.4, -0.2) is 28.0 Å². The van der Waals surface area contributed by atoms with Crippen molar-refractivity contribution in [3.8, 4) is 0 Å². The van der Waals surface area contributed by atoms with E-state index in [2.05, 4.69) is 51.5 Å². The monoisotopic (exact) mass is 304 g/mol. The summed E-state index contributed by atoms with van der Waals surface area (Å²) in [4.78, 5) is 12.9. The molecule has 2 aromatic rings. The molecule has 2 rings (SSSR count). The van der Waals surface area contributed by atoms with Crippen LogP contribution in [0.25, 0.3) is 0 Å². The summed E-state index contributed by atoms with van der Waals surface area (Å²) in [5.74, 6) is 1.83. The highest BCUT2D eigenvalue weighted by molar-refractivity contribution is 7.09. The lowest BCUT2D eigenvalue weighted by Crippen LogP contribution is -2.23. The Hall–Kier alpha value is -1.46. The molecule has 5 heteroatoms. The molecule has 0 radical (unpaired) electrons. The van der Waals surface area contributed by atoms with Crippen LogP contribution in [0.15, 0.2) is 23.6 Å². The van der Waals surface area contributed by atoms with Crippen molar-refractivity contribution in [2.75, 3.05) is 18.4 Å². The number of anilines is 1. The van der Waals surface area contributed by atoms with Gasteiger partial charge in [-0.15, -0.1) is 11.3 Å². The highest BCUT2D eigenvalue weighted by Crippen LogP contribution is 2.14. The van der Waals surface area contributed by atoms with Gasteiger partial charge in [-0.2, -0.15) is 0 Å². The van der Waals surface area contributed by atoms with Gasteiger partial charge in [0, 0.05) is 29.7 Å². The van der Waals surface area contributed by atoms with E-state index in [1.165, 1.54) is 4.88 Å². The molecule has 0 amide bonds. The Balaban J connectivity index is 2.04. The normalized spacial score (nSPS) is 11.0. The first kappa shape index (κ1) is 15.9. The second kappa shape index (κ2) is 8.10. The van der Waals surface area contributed by atoms with Gasteiger partial charge < -0.3 is 5.32 Å². The minimum atomic E-state index is 0.789.